The van der Waals surface area contributed by atoms with Crippen molar-refractivity contribution in [3.63, 3.8) is 0 Å². The van der Waals surface area contributed by atoms with Gasteiger partial charge in [-0.25, -0.2) is 0 Å². The highest BCUT2D eigenvalue weighted by atomic mass is 16.5. The predicted octanol–water partition coefficient (Wildman–Crippen LogP) is 1.27. The van der Waals surface area contributed by atoms with E-state index in [4.69, 9.17) is 4.52 Å². The Bertz CT molecular complexity index is 606. The van der Waals surface area contributed by atoms with Crippen molar-refractivity contribution in [3.05, 3.63) is 18.0 Å². The Kier molecular flexibility index (Phi) is 4.74. The van der Waals surface area contributed by atoms with E-state index in [2.05, 4.69) is 15.4 Å². The lowest BCUT2D eigenvalue weighted by atomic mass is 9.93. The van der Waals surface area contributed by atoms with Crippen LogP contribution in [-0.4, -0.2) is 65.0 Å². The second-order valence-electron chi connectivity index (χ2n) is 7.53. The van der Waals surface area contributed by atoms with Gasteiger partial charge in [-0.2, -0.15) is 0 Å². The maximum absolute atomic E-state index is 12.3. The second kappa shape index (κ2) is 7.15. The summed E-state index contributed by atoms with van der Waals surface area (Å²) in [5, 5.41) is 6.89. The van der Waals surface area contributed by atoms with Gasteiger partial charge in [0.1, 0.15) is 6.26 Å². The van der Waals surface area contributed by atoms with Gasteiger partial charge < -0.3 is 14.7 Å². The molecule has 0 aromatic carbocycles. The molecule has 0 unspecified atom stereocenters. The van der Waals surface area contributed by atoms with Gasteiger partial charge in [0.05, 0.1) is 5.92 Å². The lowest BCUT2D eigenvalue weighted by molar-refractivity contribution is -0.127. The van der Waals surface area contributed by atoms with Gasteiger partial charge in [-0.3, -0.25) is 14.5 Å². The molecule has 0 spiro atoms. The minimum Gasteiger partial charge on any atom is -0.364 e. The maximum Gasteiger partial charge on any atom is 0.276 e. The van der Waals surface area contributed by atoms with Crippen LogP contribution in [0.25, 0.3) is 0 Å². The lowest BCUT2D eigenvalue weighted by Gasteiger charge is -2.41. The van der Waals surface area contributed by atoms with Gasteiger partial charge >= 0.3 is 0 Å². The average molecular weight is 346 g/mol. The molecule has 7 heteroatoms. The summed E-state index contributed by atoms with van der Waals surface area (Å²) in [7, 11) is 0. The molecule has 0 radical (unpaired) electrons. The van der Waals surface area contributed by atoms with Gasteiger partial charge in [0.25, 0.3) is 5.91 Å². The molecule has 2 aliphatic heterocycles. The second-order valence-corrected chi connectivity index (χ2v) is 7.53. The molecule has 1 atom stereocenters. The summed E-state index contributed by atoms with van der Waals surface area (Å²) in [5.74, 6) is 0.322. The number of carbonyl (C=O) groups excluding carboxylic acids is 2. The van der Waals surface area contributed by atoms with Crippen LogP contribution in [0.5, 0.6) is 0 Å². The molecule has 25 heavy (non-hydrogen) atoms. The average Bonchev–Trinajstić information content (AvgIpc) is 3.30. The van der Waals surface area contributed by atoms with E-state index in [-0.39, 0.29) is 17.7 Å². The highest BCUT2D eigenvalue weighted by Crippen LogP contribution is 2.26. The van der Waals surface area contributed by atoms with Crippen molar-refractivity contribution in [1.82, 2.24) is 20.3 Å². The van der Waals surface area contributed by atoms with Crippen LogP contribution in [0.2, 0.25) is 0 Å². The summed E-state index contributed by atoms with van der Waals surface area (Å²) >= 11 is 0. The zero-order valence-corrected chi connectivity index (χ0v) is 14.5. The van der Waals surface area contributed by atoms with Crippen LogP contribution in [0, 0.1) is 5.92 Å². The van der Waals surface area contributed by atoms with E-state index in [0.717, 1.165) is 64.7 Å². The zero-order valence-electron chi connectivity index (χ0n) is 14.5. The summed E-state index contributed by atoms with van der Waals surface area (Å²) < 4.78 is 4.77. The maximum atomic E-state index is 12.3. The minimum absolute atomic E-state index is 0.0486. The van der Waals surface area contributed by atoms with E-state index in [9.17, 15) is 9.59 Å². The molecule has 3 heterocycles. The number of aromatic nitrogens is 1. The van der Waals surface area contributed by atoms with Crippen molar-refractivity contribution in [2.45, 2.75) is 50.6 Å². The molecule has 136 valence electrons. The first-order chi connectivity index (χ1) is 12.2. The number of nitrogens with zero attached hydrogens (tertiary/aromatic N) is 3. The van der Waals surface area contributed by atoms with E-state index in [1.165, 1.54) is 6.26 Å². The number of rotatable bonds is 4. The lowest BCUT2D eigenvalue weighted by Crippen LogP contribution is -2.51. The molecule has 1 aromatic rings. The molecular weight excluding hydrogens is 320 g/mol. The third-order valence-electron chi connectivity index (χ3n) is 5.67. The number of amides is 2. The van der Waals surface area contributed by atoms with Gasteiger partial charge in [0, 0.05) is 37.8 Å². The molecule has 3 aliphatic rings. The van der Waals surface area contributed by atoms with E-state index in [1.807, 2.05) is 4.90 Å². The highest BCUT2D eigenvalue weighted by molar-refractivity contribution is 5.92. The first kappa shape index (κ1) is 16.6. The fourth-order valence-corrected chi connectivity index (χ4v) is 4.02. The third kappa shape index (κ3) is 3.86. The van der Waals surface area contributed by atoms with Crippen molar-refractivity contribution < 1.29 is 14.1 Å². The summed E-state index contributed by atoms with van der Waals surface area (Å²) in [6, 6.07) is 2.52. The number of nitrogens with one attached hydrogen (secondary N) is 1. The van der Waals surface area contributed by atoms with Gasteiger partial charge in [-0.05, 0) is 45.1 Å². The fourth-order valence-electron chi connectivity index (χ4n) is 4.02. The Balaban J connectivity index is 1.28. The number of piperidine rings is 2. The number of hydrogen-bond acceptors (Lipinski definition) is 5. The summed E-state index contributed by atoms with van der Waals surface area (Å²) in [6.45, 7) is 3.41. The van der Waals surface area contributed by atoms with Crippen LogP contribution in [0.3, 0.4) is 0 Å². The topological polar surface area (TPSA) is 78.7 Å². The van der Waals surface area contributed by atoms with Crippen molar-refractivity contribution in [3.8, 4) is 0 Å². The quantitative estimate of drug-likeness (QED) is 0.888. The van der Waals surface area contributed by atoms with Gasteiger partial charge in [0.2, 0.25) is 5.91 Å². The van der Waals surface area contributed by atoms with E-state index >= 15 is 0 Å². The smallest absolute Gasteiger partial charge is 0.276 e. The largest absolute Gasteiger partial charge is 0.364 e. The predicted molar refractivity (Wildman–Crippen MR) is 90.9 cm³/mol. The number of carbonyl (C=O) groups is 2. The van der Waals surface area contributed by atoms with E-state index in [1.54, 1.807) is 6.07 Å². The summed E-state index contributed by atoms with van der Waals surface area (Å²) in [6.07, 6.45) is 7.71. The van der Waals surface area contributed by atoms with Crippen LogP contribution < -0.4 is 5.32 Å². The Morgan fingerprint density at radius 3 is 2.60 bits per heavy atom. The van der Waals surface area contributed by atoms with Crippen molar-refractivity contribution in [2.24, 2.45) is 5.92 Å². The molecular formula is C18H26N4O3. The number of likely N-dealkylation sites (tertiary alicyclic amines) is 2. The molecule has 2 amide bonds. The SMILES string of the molecule is O=C(NC1CC1)[C@H]1CCCN(C2CCN(C(=O)c3ccon3)CC2)C1. The Morgan fingerprint density at radius 1 is 1.12 bits per heavy atom. The fraction of sp³-hybridized carbons (Fsp3) is 0.722. The van der Waals surface area contributed by atoms with Gasteiger partial charge in [-0.1, -0.05) is 5.16 Å². The first-order valence-corrected chi connectivity index (χ1v) is 9.45. The molecule has 1 aromatic heterocycles. The minimum atomic E-state index is -0.0486. The zero-order chi connectivity index (χ0) is 17.2. The van der Waals surface area contributed by atoms with Crippen LogP contribution in [0.15, 0.2) is 16.9 Å². The molecule has 0 bridgehead atoms. The molecule has 4 rings (SSSR count). The van der Waals surface area contributed by atoms with Crippen molar-refractivity contribution in [1.29, 1.82) is 0 Å². The van der Waals surface area contributed by atoms with Crippen LogP contribution in [0.1, 0.15) is 49.0 Å². The molecule has 1 aliphatic carbocycles. The molecule has 3 fully saturated rings. The van der Waals surface area contributed by atoms with Gasteiger partial charge in [-0.15, -0.1) is 0 Å². The van der Waals surface area contributed by atoms with E-state index < -0.39 is 0 Å². The van der Waals surface area contributed by atoms with Gasteiger partial charge in [0.15, 0.2) is 5.69 Å². The Hall–Kier alpha value is -1.89. The normalized spacial score (nSPS) is 25.8. The monoisotopic (exact) mass is 346 g/mol. The van der Waals surface area contributed by atoms with E-state index in [0.29, 0.717) is 17.8 Å². The Labute approximate surface area is 147 Å². The van der Waals surface area contributed by atoms with Crippen molar-refractivity contribution in [2.75, 3.05) is 26.2 Å². The van der Waals surface area contributed by atoms with Crippen LogP contribution in [0.4, 0.5) is 0 Å². The number of hydrogen-bond donors (Lipinski definition) is 1. The standard InChI is InChI=1S/C18H26N4O3/c23-17(19-14-3-4-14)13-2-1-8-22(12-13)15-5-9-21(10-6-15)18(24)16-7-11-25-20-16/h7,11,13-15H,1-6,8-10,12H2,(H,19,23)/t13-/m0/s1. The van der Waals surface area contributed by atoms with Crippen molar-refractivity contribution >= 4 is 11.8 Å². The molecule has 2 saturated heterocycles. The summed E-state index contributed by atoms with van der Waals surface area (Å²) in [4.78, 5) is 29.0. The van der Waals surface area contributed by atoms with Crippen LogP contribution >= 0.6 is 0 Å². The molecule has 7 nitrogen and oxygen atoms in total. The van der Waals surface area contributed by atoms with Crippen LogP contribution in [-0.2, 0) is 4.79 Å². The molecule has 1 N–H and O–H groups in total. The summed E-state index contributed by atoms with van der Waals surface area (Å²) in [5.41, 5.74) is 0.383. The highest BCUT2D eigenvalue weighted by Gasteiger charge is 2.34. The molecule has 1 saturated carbocycles. The Morgan fingerprint density at radius 2 is 1.92 bits per heavy atom. The third-order valence-corrected chi connectivity index (χ3v) is 5.67. The first-order valence-electron chi connectivity index (χ1n) is 9.45.